The lowest BCUT2D eigenvalue weighted by atomic mass is 10.1. The maximum atomic E-state index is 12.3. The molecule has 1 aromatic carbocycles. The van der Waals surface area contributed by atoms with E-state index in [1.54, 1.807) is 29.8 Å². The van der Waals surface area contributed by atoms with Crippen molar-refractivity contribution in [2.24, 2.45) is 0 Å². The molecule has 7 heteroatoms. The van der Waals surface area contributed by atoms with Gasteiger partial charge in [-0.25, -0.2) is 4.98 Å². The molecule has 0 saturated heterocycles. The van der Waals surface area contributed by atoms with Crippen molar-refractivity contribution in [1.29, 1.82) is 0 Å². The number of halogens is 1. The fourth-order valence-corrected chi connectivity index (χ4v) is 2.76. The number of pyridine rings is 1. The number of aryl methyl sites for hydroxylation is 1. The van der Waals surface area contributed by atoms with Crippen molar-refractivity contribution < 1.29 is 0 Å². The number of hydrogen-bond donors (Lipinski definition) is 1. The van der Waals surface area contributed by atoms with Crippen LogP contribution in [0.2, 0.25) is 5.02 Å². The molecule has 0 spiro atoms. The Morgan fingerprint density at radius 2 is 2.00 bits per heavy atom. The van der Waals surface area contributed by atoms with E-state index in [0.717, 1.165) is 0 Å². The van der Waals surface area contributed by atoms with Gasteiger partial charge in [0.1, 0.15) is 5.82 Å². The molecule has 0 radical (unpaired) electrons. The highest BCUT2D eigenvalue weighted by Crippen LogP contribution is 2.31. The van der Waals surface area contributed by atoms with Crippen molar-refractivity contribution in [3.63, 3.8) is 0 Å². The number of benzene rings is 1. The van der Waals surface area contributed by atoms with Gasteiger partial charge in [-0.15, -0.1) is 5.10 Å². The molecule has 0 bridgehead atoms. The normalized spacial score (nSPS) is 11.4. The molecular weight excluding hydrogens is 302 g/mol. The van der Waals surface area contributed by atoms with E-state index in [-0.39, 0.29) is 5.56 Å². The van der Waals surface area contributed by atoms with Gasteiger partial charge in [0.2, 0.25) is 0 Å². The average molecular weight is 312 g/mol. The summed E-state index contributed by atoms with van der Waals surface area (Å²) in [5.74, 6) is 1.01. The third-order valence-electron chi connectivity index (χ3n) is 3.43. The second kappa shape index (κ2) is 4.64. The summed E-state index contributed by atoms with van der Waals surface area (Å²) in [6.45, 7) is 1.78. The highest BCUT2D eigenvalue weighted by atomic mass is 35.5. The van der Waals surface area contributed by atoms with Gasteiger partial charge in [-0.3, -0.25) is 4.79 Å². The van der Waals surface area contributed by atoms with Gasteiger partial charge in [-0.05, 0) is 19.1 Å². The molecule has 0 unspecified atom stereocenters. The van der Waals surface area contributed by atoms with Crippen molar-refractivity contribution in [1.82, 2.24) is 24.6 Å². The Balaban J connectivity index is 2.31. The number of nitrogens with one attached hydrogen (secondary N) is 1. The standard InChI is InChI=1S/C15H10ClN5O/c1-8-18-15-19-11-6-7-17-14(22)12(11)13(21(15)20-8)9-4-2-3-5-10(9)16/h2-7H,1H3,(H,17,22). The lowest BCUT2D eigenvalue weighted by molar-refractivity contribution is 0.932. The Bertz CT molecular complexity index is 1080. The molecule has 1 N–H and O–H groups in total. The van der Waals surface area contributed by atoms with Gasteiger partial charge >= 0.3 is 0 Å². The van der Waals surface area contributed by atoms with Gasteiger partial charge < -0.3 is 4.98 Å². The number of rotatable bonds is 1. The van der Waals surface area contributed by atoms with Crippen LogP contribution in [0.1, 0.15) is 5.82 Å². The van der Waals surface area contributed by atoms with Gasteiger partial charge in [0.05, 0.1) is 16.6 Å². The van der Waals surface area contributed by atoms with Crippen LogP contribution < -0.4 is 5.56 Å². The number of aromatic nitrogens is 5. The molecule has 22 heavy (non-hydrogen) atoms. The Morgan fingerprint density at radius 3 is 2.82 bits per heavy atom. The molecule has 4 rings (SSSR count). The summed E-state index contributed by atoms with van der Waals surface area (Å²) in [7, 11) is 0. The molecule has 0 fully saturated rings. The zero-order valence-corrected chi connectivity index (χ0v) is 12.3. The van der Waals surface area contributed by atoms with Crippen LogP contribution in [0.15, 0.2) is 41.3 Å². The Kier molecular flexibility index (Phi) is 2.74. The van der Waals surface area contributed by atoms with Crippen molar-refractivity contribution in [2.75, 3.05) is 0 Å². The van der Waals surface area contributed by atoms with Crippen LogP contribution >= 0.6 is 11.6 Å². The SMILES string of the molecule is Cc1nc2nc3cc[nH]c(=O)c3c(-c3ccccc3Cl)n2n1. The predicted molar refractivity (Wildman–Crippen MR) is 84.1 cm³/mol. The minimum atomic E-state index is -0.241. The first kappa shape index (κ1) is 13.0. The average Bonchev–Trinajstić information content (AvgIpc) is 2.86. The smallest absolute Gasteiger partial charge is 0.259 e. The van der Waals surface area contributed by atoms with Gasteiger partial charge in [0.15, 0.2) is 0 Å². The van der Waals surface area contributed by atoms with Gasteiger partial charge in [-0.2, -0.15) is 9.50 Å². The van der Waals surface area contributed by atoms with E-state index in [2.05, 4.69) is 20.1 Å². The van der Waals surface area contributed by atoms with E-state index < -0.39 is 0 Å². The topological polar surface area (TPSA) is 75.9 Å². The number of aromatic amines is 1. The zero-order chi connectivity index (χ0) is 15.3. The van der Waals surface area contributed by atoms with Crippen molar-refractivity contribution in [3.8, 4) is 11.3 Å². The van der Waals surface area contributed by atoms with E-state index in [9.17, 15) is 4.79 Å². The molecule has 3 aromatic heterocycles. The quantitative estimate of drug-likeness (QED) is 0.586. The van der Waals surface area contributed by atoms with Crippen LogP contribution in [0.25, 0.3) is 27.9 Å². The second-order valence-electron chi connectivity index (χ2n) is 4.88. The highest BCUT2D eigenvalue weighted by molar-refractivity contribution is 6.33. The molecule has 4 aromatic rings. The highest BCUT2D eigenvalue weighted by Gasteiger charge is 2.18. The molecule has 0 aliphatic rings. The molecule has 108 valence electrons. The summed E-state index contributed by atoms with van der Waals surface area (Å²) in [6.07, 6.45) is 1.56. The predicted octanol–water partition coefficient (Wildman–Crippen LogP) is 2.59. The summed E-state index contributed by atoms with van der Waals surface area (Å²) in [5, 5.41) is 5.33. The number of nitrogens with zero attached hydrogens (tertiary/aromatic N) is 4. The van der Waals surface area contributed by atoms with Crippen LogP contribution in [-0.4, -0.2) is 24.6 Å². The van der Waals surface area contributed by atoms with Crippen molar-refractivity contribution in [2.45, 2.75) is 6.92 Å². The molecule has 0 saturated carbocycles. The first-order valence-corrected chi connectivity index (χ1v) is 7.02. The van der Waals surface area contributed by atoms with Crippen LogP contribution in [-0.2, 0) is 0 Å². The van der Waals surface area contributed by atoms with E-state index in [4.69, 9.17) is 11.6 Å². The largest absolute Gasteiger partial charge is 0.328 e. The molecular formula is C15H10ClN5O. The van der Waals surface area contributed by atoms with Crippen LogP contribution in [0.4, 0.5) is 0 Å². The van der Waals surface area contributed by atoms with Crippen LogP contribution in [0, 0.1) is 6.92 Å². The van der Waals surface area contributed by atoms with Crippen molar-refractivity contribution >= 4 is 28.3 Å². The lowest BCUT2D eigenvalue weighted by Gasteiger charge is -2.09. The summed E-state index contributed by atoms with van der Waals surface area (Å²) in [4.78, 5) is 23.7. The monoisotopic (exact) mass is 311 g/mol. The number of fused-ring (bicyclic) bond motifs is 2. The fraction of sp³-hybridized carbons (Fsp3) is 0.0667. The first-order valence-electron chi connectivity index (χ1n) is 6.65. The first-order chi connectivity index (χ1) is 10.6. The van der Waals surface area contributed by atoms with Crippen LogP contribution in [0.3, 0.4) is 0 Å². The summed E-state index contributed by atoms with van der Waals surface area (Å²) < 4.78 is 1.56. The number of hydrogen-bond acceptors (Lipinski definition) is 4. The Hall–Kier alpha value is -2.73. The molecule has 0 atom stereocenters. The summed E-state index contributed by atoms with van der Waals surface area (Å²) >= 11 is 6.32. The third kappa shape index (κ3) is 1.81. The zero-order valence-electron chi connectivity index (χ0n) is 11.5. The minimum Gasteiger partial charge on any atom is -0.328 e. The maximum Gasteiger partial charge on any atom is 0.259 e. The Labute approximate surface area is 129 Å². The number of H-pyrrole nitrogens is 1. The molecule has 0 amide bonds. The fourth-order valence-electron chi connectivity index (χ4n) is 2.53. The van der Waals surface area contributed by atoms with E-state index in [1.807, 2.05) is 18.2 Å². The van der Waals surface area contributed by atoms with Gasteiger partial charge in [0.25, 0.3) is 11.3 Å². The summed E-state index contributed by atoms with van der Waals surface area (Å²) in [5.41, 5.74) is 1.62. The van der Waals surface area contributed by atoms with Gasteiger partial charge in [0, 0.05) is 16.8 Å². The molecule has 3 heterocycles. The lowest BCUT2D eigenvalue weighted by Crippen LogP contribution is -2.10. The van der Waals surface area contributed by atoms with E-state index >= 15 is 0 Å². The molecule has 0 aliphatic heterocycles. The van der Waals surface area contributed by atoms with Crippen molar-refractivity contribution in [3.05, 3.63) is 57.7 Å². The third-order valence-corrected chi connectivity index (χ3v) is 3.76. The molecule has 0 aliphatic carbocycles. The minimum absolute atomic E-state index is 0.241. The summed E-state index contributed by atoms with van der Waals surface area (Å²) in [6, 6.07) is 9.06. The van der Waals surface area contributed by atoms with Crippen LogP contribution in [0.5, 0.6) is 0 Å². The van der Waals surface area contributed by atoms with Gasteiger partial charge in [-0.1, -0.05) is 29.8 Å². The van der Waals surface area contributed by atoms with E-state index in [1.165, 1.54) is 0 Å². The second-order valence-corrected chi connectivity index (χ2v) is 5.29. The molecule has 6 nitrogen and oxygen atoms in total. The maximum absolute atomic E-state index is 12.3. The Morgan fingerprint density at radius 1 is 1.18 bits per heavy atom. The van der Waals surface area contributed by atoms with E-state index in [0.29, 0.717) is 38.8 Å².